The fourth-order valence-electron chi connectivity index (χ4n) is 2.68. The Balaban J connectivity index is 0.000000771. The maximum Gasteiger partial charge on any atom is 0.168 e. The number of aldehydes is 1. The molecule has 0 amide bonds. The van der Waals surface area contributed by atoms with Crippen molar-refractivity contribution in [2.24, 2.45) is 0 Å². The van der Waals surface area contributed by atoms with Crippen LogP contribution in [0.3, 0.4) is 0 Å². The quantitative estimate of drug-likeness (QED) is 0.641. The highest BCUT2D eigenvalue weighted by Crippen LogP contribution is 2.30. The molecule has 1 aromatic carbocycles. The minimum atomic E-state index is -0.744. The standard InChI is InChI=1S/C18H17FN4O.C2H7N.CH2O/c1-12-17(14-8-13(9-19)16(11-24)21-10-14)22-23(18(12)20-2)15-6-4-3-5-7-15;1-3-2;1-2/h3-8,10-11,20H,9H2,1-2H3;3H,1-2H3;1H2. The molecule has 0 saturated heterocycles. The van der Waals surface area contributed by atoms with Crippen LogP contribution in [0.4, 0.5) is 10.2 Å². The van der Waals surface area contributed by atoms with Gasteiger partial charge in [-0.05, 0) is 39.2 Å². The molecular weight excluding hydrogens is 373 g/mol. The van der Waals surface area contributed by atoms with Gasteiger partial charge in [-0.25, -0.2) is 9.07 Å². The minimum absolute atomic E-state index is 0.121. The fourth-order valence-corrected chi connectivity index (χ4v) is 2.68. The largest absolute Gasteiger partial charge is 0.373 e. The Bertz CT molecular complexity index is 913. The Morgan fingerprint density at radius 3 is 2.31 bits per heavy atom. The molecule has 0 fully saturated rings. The molecule has 0 spiro atoms. The Kier molecular flexibility index (Phi) is 9.90. The van der Waals surface area contributed by atoms with Gasteiger partial charge in [-0.1, -0.05) is 18.2 Å². The first-order valence-electron chi connectivity index (χ1n) is 8.81. The van der Waals surface area contributed by atoms with Gasteiger partial charge in [0, 0.05) is 29.9 Å². The maximum absolute atomic E-state index is 13.1. The number of pyridine rings is 1. The van der Waals surface area contributed by atoms with E-state index in [0.29, 0.717) is 17.5 Å². The van der Waals surface area contributed by atoms with Crippen molar-refractivity contribution in [2.75, 3.05) is 26.5 Å². The summed E-state index contributed by atoms with van der Waals surface area (Å²) in [5.41, 5.74) is 3.60. The maximum atomic E-state index is 13.1. The molecule has 8 heteroatoms. The van der Waals surface area contributed by atoms with E-state index in [1.807, 2.05) is 65.2 Å². The zero-order valence-electron chi connectivity index (χ0n) is 17.1. The van der Waals surface area contributed by atoms with Crippen molar-refractivity contribution < 1.29 is 14.0 Å². The molecule has 0 aliphatic carbocycles. The van der Waals surface area contributed by atoms with Crippen LogP contribution in [-0.4, -0.2) is 49.0 Å². The number of carbonyl (C=O) groups is 2. The third kappa shape index (κ3) is 5.55. The molecule has 7 nitrogen and oxygen atoms in total. The number of hydrogen-bond donors (Lipinski definition) is 2. The van der Waals surface area contributed by atoms with Gasteiger partial charge in [0.2, 0.25) is 0 Å². The summed E-state index contributed by atoms with van der Waals surface area (Å²) in [6, 6.07) is 11.4. The molecule has 2 heterocycles. The molecule has 2 aromatic heterocycles. The van der Waals surface area contributed by atoms with Crippen LogP contribution in [0.25, 0.3) is 16.9 Å². The second kappa shape index (κ2) is 12.1. The molecule has 0 unspecified atom stereocenters. The number of carbonyl (C=O) groups excluding carboxylic acids is 2. The number of aromatic nitrogens is 3. The van der Waals surface area contributed by atoms with Crippen LogP contribution in [-0.2, 0) is 11.5 Å². The van der Waals surface area contributed by atoms with Crippen LogP contribution in [0.1, 0.15) is 21.6 Å². The van der Waals surface area contributed by atoms with Gasteiger partial charge in [0.25, 0.3) is 0 Å². The van der Waals surface area contributed by atoms with Crippen LogP contribution in [0.5, 0.6) is 0 Å². The fraction of sp³-hybridized carbons (Fsp3) is 0.238. The molecule has 0 aliphatic rings. The Morgan fingerprint density at radius 1 is 1.17 bits per heavy atom. The highest BCUT2D eigenvalue weighted by molar-refractivity contribution is 5.77. The van der Waals surface area contributed by atoms with Gasteiger partial charge in [-0.15, -0.1) is 0 Å². The monoisotopic (exact) mass is 399 g/mol. The van der Waals surface area contributed by atoms with Gasteiger partial charge in [0.1, 0.15) is 25.0 Å². The lowest BCUT2D eigenvalue weighted by atomic mass is 10.1. The molecule has 0 bridgehead atoms. The normalized spacial score (nSPS) is 9.55. The van der Waals surface area contributed by atoms with Crippen molar-refractivity contribution in [3.63, 3.8) is 0 Å². The number of rotatable bonds is 5. The third-order valence-corrected chi connectivity index (χ3v) is 3.89. The first-order valence-corrected chi connectivity index (χ1v) is 8.81. The van der Waals surface area contributed by atoms with Crippen LogP contribution in [0, 0.1) is 6.92 Å². The van der Waals surface area contributed by atoms with E-state index < -0.39 is 6.67 Å². The van der Waals surface area contributed by atoms with Crippen LogP contribution in [0.15, 0.2) is 42.6 Å². The highest BCUT2D eigenvalue weighted by Gasteiger charge is 2.17. The van der Waals surface area contributed by atoms with Crippen molar-refractivity contribution in [3.05, 3.63) is 59.4 Å². The minimum Gasteiger partial charge on any atom is -0.373 e. The zero-order chi connectivity index (χ0) is 21.8. The van der Waals surface area contributed by atoms with E-state index in [0.717, 1.165) is 17.1 Å². The smallest absolute Gasteiger partial charge is 0.168 e. The summed E-state index contributed by atoms with van der Waals surface area (Å²) in [4.78, 5) is 23.0. The van der Waals surface area contributed by atoms with Gasteiger partial charge < -0.3 is 15.4 Å². The summed E-state index contributed by atoms with van der Waals surface area (Å²) in [5, 5.41) is 10.6. The lowest BCUT2D eigenvalue weighted by Crippen LogP contribution is -2.02. The SMILES string of the molecule is C=O.CNC.CNc1c(C)c(-c2cnc(C=O)c(CF)c2)nn1-c1ccccc1. The van der Waals surface area contributed by atoms with Gasteiger partial charge in [-0.2, -0.15) is 5.10 Å². The third-order valence-electron chi connectivity index (χ3n) is 3.89. The number of alkyl halides is 1. The van der Waals surface area contributed by atoms with Crippen LogP contribution < -0.4 is 10.6 Å². The van der Waals surface area contributed by atoms with E-state index in [1.54, 1.807) is 16.9 Å². The molecule has 3 aromatic rings. The molecule has 0 saturated carbocycles. The second-order valence-electron chi connectivity index (χ2n) is 5.84. The predicted octanol–water partition coefficient (Wildman–Crippen LogP) is 3.22. The van der Waals surface area contributed by atoms with E-state index >= 15 is 0 Å². The van der Waals surface area contributed by atoms with Crippen molar-refractivity contribution in [1.29, 1.82) is 0 Å². The number of halogens is 1. The second-order valence-corrected chi connectivity index (χ2v) is 5.84. The molecule has 29 heavy (non-hydrogen) atoms. The predicted molar refractivity (Wildman–Crippen MR) is 113 cm³/mol. The first kappa shape index (κ1) is 23.6. The molecule has 0 atom stereocenters. The molecule has 154 valence electrons. The zero-order valence-corrected chi connectivity index (χ0v) is 17.1. The summed E-state index contributed by atoms with van der Waals surface area (Å²) in [5.74, 6) is 0.845. The average molecular weight is 399 g/mol. The lowest BCUT2D eigenvalue weighted by Gasteiger charge is -2.06. The number of hydrogen-bond acceptors (Lipinski definition) is 6. The average Bonchev–Trinajstić information content (AvgIpc) is 3.12. The number of benzene rings is 1. The summed E-state index contributed by atoms with van der Waals surface area (Å²) in [7, 11) is 5.58. The van der Waals surface area contributed by atoms with Gasteiger partial charge in [0.15, 0.2) is 6.29 Å². The number of nitrogens with zero attached hydrogens (tertiary/aromatic N) is 3. The van der Waals surface area contributed by atoms with Crippen molar-refractivity contribution in [1.82, 2.24) is 20.1 Å². The van der Waals surface area contributed by atoms with Gasteiger partial charge >= 0.3 is 0 Å². The van der Waals surface area contributed by atoms with Crippen LogP contribution >= 0.6 is 0 Å². The number of para-hydroxylation sites is 1. The van der Waals surface area contributed by atoms with Crippen molar-refractivity contribution in [3.8, 4) is 16.9 Å². The van der Waals surface area contributed by atoms with E-state index in [2.05, 4.69) is 20.7 Å². The highest BCUT2D eigenvalue weighted by atomic mass is 19.1. The van der Waals surface area contributed by atoms with E-state index in [9.17, 15) is 9.18 Å². The molecule has 3 rings (SSSR count). The Hall–Kier alpha value is -3.39. The summed E-state index contributed by atoms with van der Waals surface area (Å²) < 4.78 is 14.9. The Morgan fingerprint density at radius 2 is 1.79 bits per heavy atom. The van der Waals surface area contributed by atoms with Gasteiger partial charge in [-0.3, -0.25) is 9.78 Å². The first-order chi connectivity index (χ1) is 14.1. The molecule has 0 aliphatic heterocycles. The molecule has 2 N–H and O–H groups in total. The summed E-state index contributed by atoms with van der Waals surface area (Å²) >= 11 is 0. The van der Waals surface area contributed by atoms with Crippen molar-refractivity contribution in [2.45, 2.75) is 13.6 Å². The molecular formula is C21H26FN5O2. The van der Waals surface area contributed by atoms with E-state index in [1.165, 1.54) is 0 Å². The van der Waals surface area contributed by atoms with E-state index in [4.69, 9.17) is 4.79 Å². The van der Waals surface area contributed by atoms with Crippen LogP contribution in [0.2, 0.25) is 0 Å². The lowest BCUT2D eigenvalue weighted by molar-refractivity contribution is -0.0980. The summed E-state index contributed by atoms with van der Waals surface area (Å²) in [6.45, 7) is 3.20. The van der Waals surface area contributed by atoms with Crippen molar-refractivity contribution >= 4 is 18.9 Å². The summed E-state index contributed by atoms with van der Waals surface area (Å²) in [6.07, 6.45) is 2.11. The number of nitrogens with one attached hydrogen (secondary N) is 2. The number of anilines is 1. The molecule has 0 radical (unpaired) electrons. The topological polar surface area (TPSA) is 88.9 Å². The van der Waals surface area contributed by atoms with E-state index in [-0.39, 0.29) is 11.3 Å². The Labute approximate surface area is 170 Å². The van der Waals surface area contributed by atoms with Gasteiger partial charge in [0.05, 0.1) is 11.4 Å².